The van der Waals surface area contributed by atoms with Crippen LogP contribution in [0, 0.1) is 5.82 Å². The molecule has 1 aliphatic heterocycles. The topological polar surface area (TPSA) is 54.2 Å². The smallest absolute Gasteiger partial charge is 0.258 e. The minimum atomic E-state index is -0.337. The number of anilines is 1. The molecule has 0 aliphatic carbocycles. The fourth-order valence-electron chi connectivity index (χ4n) is 4.18. The van der Waals surface area contributed by atoms with E-state index in [4.69, 9.17) is 21.7 Å². The molecule has 0 radical (unpaired) electrons. The first-order chi connectivity index (χ1) is 16.5. The van der Waals surface area contributed by atoms with Crippen molar-refractivity contribution in [1.82, 2.24) is 15.5 Å². The second-order valence-corrected chi connectivity index (χ2v) is 8.47. The van der Waals surface area contributed by atoms with Crippen LogP contribution < -0.4 is 10.2 Å². The molecule has 2 heterocycles. The van der Waals surface area contributed by atoms with Crippen molar-refractivity contribution in [3.8, 4) is 11.4 Å². The Kier molecular flexibility index (Phi) is 5.94. The largest absolute Gasteiger partial charge is 0.351 e. The van der Waals surface area contributed by atoms with Crippen molar-refractivity contribution in [2.75, 3.05) is 4.90 Å². The molecule has 0 amide bonds. The van der Waals surface area contributed by atoms with Crippen molar-refractivity contribution in [1.29, 1.82) is 0 Å². The molecule has 0 spiro atoms. The molecule has 1 aromatic heterocycles. The highest BCUT2D eigenvalue weighted by molar-refractivity contribution is 7.80. The van der Waals surface area contributed by atoms with Gasteiger partial charge < -0.3 is 9.84 Å². The number of hydrogen-bond donors (Lipinski definition) is 1. The van der Waals surface area contributed by atoms with Crippen LogP contribution in [0.4, 0.5) is 10.1 Å². The van der Waals surface area contributed by atoms with E-state index in [0.717, 1.165) is 28.8 Å². The minimum Gasteiger partial charge on any atom is -0.351 e. The van der Waals surface area contributed by atoms with Gasteiger partial charge in [-0.2, -0.15) is 4.98 Å². The molecule has 7 heteroatoms. The third-order valence-electron chi connectivity index (χ3n) is 5.96. The fraction of sp³-hybridized carbons (Fsp3) is 0.148. The van der Waals surface area contributed by atoms with Gasteiger partial charge in [-0.15, -0.1) is 0 Å². The van der Waals surface area contributed by atoms with Crippen molar-refractivity contribution < 1.29 is 8.91 Å². The number of nitrogens with zero attached hydrogens (tertiary/aromatic N) is 3. The Morgan fingerprint density at radius 1 is 1.03 bits per heavy atom. The van der Waals surface area contributed by atoms with Crippen LogP contribution in [-0.4, -0.2) is 15.3 Å². The van der Waals surface area contributed by atoms with Crippen LogP contribution in [0.1, 0.15) is 36.9 Å². The summed E-state index contributed by atoms with van der Waals surface area (Å²) in [6.07, 6.45) is 0.954. The molecule has 3 aromatic carbocycles. The number of allylic oxidation sites excluding steroid dienone is 1. The molecule has 0 saturated carbocycles. The molecule has 5 rings (SSSR count). The van der Waals surface area contributed by atoms with Crippen molar-refractivity contribution >= 4 is 28.6 Å². The van der Waals surface area contributed by atoms with Gasteiger partial charge in [0.1, 0.15) is 5.82 Å². The second-order valence-electron chi connectivity index (χ2n) is 8.08. The maximum Gasteiger partial charge on any atom is 0.258 e. The van der Waals surface area contributed by atoms with E-state index in [-0.39, 0.29) is 11.9 Å². The van der Waals surface area contributed by atoms with Crippen molar-refractivity contribution in [3.05, 3.63) is 107 Å². The van der Waals surface area contributed by atoms with Gasteiger partial charge in [0, 0.05) is 11.3 Å². The Labute approximate surface area is 202 Å². The summed E-state index contributed by atoms with van der Waals surface area (Å²) in [6.45, 7) is 4.06. The molecule has 170 valence electrons. The molecule has 0 bridgehead atoms. The van der Waals surface area contributed by atoms with Crippen LogP contribution in [-0.2, 0) is 6.42 Å². The quantitative estimate of drug-likeness (QED) is 0.345. The number of aryl methyl sites for hydroxylation is 1. The number of nitrogens with one attached hydrogen (secondary N) is 1. The fourth-order valence-corrected chi connectivity index (χ4v) is 4.54. The van der Waals surface area contributed by atoms with Gasteiger partial charge in [0.25, 0.3) is 5.89 Å². The maximum atomic E-state index is 14.1. The number of hydrogen-bond acceptors (Lipinski definition) is 4. The first-order valence-electron chi connectivity index (χ1n) is 11.1. The molecule has 1 aliphatic rings. The van der Waals surface area contributed by atoms with Gasteiger partial charge in [0.15, 0.2) is 5.11 Å². The van der Waals surface area contributed by atoms with Crippen LogP contribution in [0.2, 0.25) is 0 Å². The summed E-state index contributed by atoms with van der Waals surface area (Å²) in [5, 5.41) is 8.11. The highest BCUT2D eigenvalue weighted by atomic mass is 32.1. The van der Waals surface area contributed by atoms with Gasteiger partial charge in [0.05, 0.1) is 17.3 Å². The predicted octanol–water partition coefficient (Wildman–Crippen LogP) is 6.31. The monoisotopic (exact) mass is 470 g/mol. The first-order valence-corrected chi connectivity index (χ1v) is 11.5. The molecule has 1 N–H and O–H groups in total. The van der Waals surface area contributed by atoms with Crippen LogP contribution >= 0.6 is 12.2 Å². The van der Waals surface area contributed by atoms with Gasteiger partial charge >= 0.3 is 0 Å². The summed E-state index contributed by atoms with van der Waals surface area (Å²) in [4.78, 5) is 6.52. The summed E-state index contributed by atoms with van der Waals surface area (Å²) in [7, 11) is 0. The highest BCUT2D eigenvalue weighted by Gasteiger charge is 2.34. The van der Waals surface area contributed by atoms with Crippen molar-refractivity contribution in [2.45, 2.75) is 26.3 Å². The number of aromatic nitrogens is 2. The number of thiocarbonyl (C=S) groups is 1. The van der Waals surface area contributed by atoms with E-state index in [1.807, 2.05) is 43.3 Å². The zero-order valence-corrected chi connectivity index (χ0v) is 19.6. The molecular formula is C27H23FN4OS. The number of benzene rings is 3. The summed E-state index contributed by atoms with van der Waals surface area (Å²) >= 11 is 5.73. The number of rotatable bonds is 5. The van der Waals surface area contributed by atoms with E-state index in [2.05, 4.69) is 41.7 Å². The zero-order valence-electron chi connectivity index (χ0n) is 18.8. The summed E-state index contributed by atoms with van der Waals surface area (Å²) in [6, 6.07) is 24.1. The van der Waals surface area contributed by atoms with Crippen molar-refractivity contribution in [2.24, 2.45) is 0 Å². The molecule has 1 atom stereocenters. The van der Waals surface area contributed by atoms with Crippen molar-refractivity contribution in [3.63, 3.8) is 0 Å². The lowest BCUT2D eigenvalue weighted by atomic mass is 9.93. The normalized spacial score (nSPS) is 16.0. The molecule has 4 aromatic rings. The Bertz CT molecular complexity index is 1360. The summed E-state index contributed by atoms with van der Waals surface area (Å²) in [5.41, 5.74) is 5.33. The molecule has 0 fully saturated rings. The highest BCUT2D eigenvalue weighted by Crippen LogP contribution is 2.39. The van der Waals surface area contributed by atoms with Gasteiger partial charge in [-0.1, -0.05) is 72.7 Å². The second kappa shape index (κ2) is 9.19. The average Bonchev–Trinajstić information content (AvgIpc) is 3.34. The Balaban J connectivity index is 1.65. The minimum absolute atomic E-state index is 0.299. The van der Waals surface area contributed by atoms with E-state index in [0.29, 0.717) is 22.5 Å². The molecule has 1 unspecified atom stereocenters. The van der Waals surface area contributed by atoms with Gasteiger partial charge in [-0.25, -0.2) is 4.39 Å². The third-order valence-corrected chi connectivity index (χ3v) is 6.26. The Morgan fingerprint density at radius 2 is 1.79 bits per heavy atom. The van der Waals surface area contributed by atoms with Gasteiger partial charge in [-0.05, 0) is 54.9 Å². The average molecular weight is 471 g/mol. The van der Waals surface area contributed by atoms with Crippen LogP contribution in [0.15, 0.2) is 89.1 Å². The van der Waals surface area contributed by atoms with E-state index in [9.17, 15) is 4.39 Å². The van der Waals surface area contributed by atoms with Crippen LogP contribution in [0.5, 0.6) is 0 Å². The SMILES string of the molecule is CCc1ccc(C2NC(=S)N(c3cccc(F)c3)C(C)=C2c2nc(-c3ccccc3)no2)cc1. The van der Waals surface area contributed by atoms with Gasteiger partial charge in [-0.3, -0.25) is 4.90 Å². The van der Waals surface area contributed by atoms with E-state index in [1.165, 1.54) is 17.7 Å². The number of halogens is 1. The lowest BCUT2D eigenvalue weighted by Crippen LogP contribution is -2.46. The standard InChI is InChI=1S/C27H23FN4OS/c1-3-18-12-14-19(15-13-18)24-23(26-30-25(31-33-26)20-8-5-4-6-9-20)17(2)32(27(34)29-24)22-11-7-10-21(28)16-22/h4-16,24H,3H2,1-2H3,(H,29,34). The summed E-state index contributed by atoms with van der Waals surface area (Å²) < 4.78 is 19.8. The molecule has 34 heavy (non-hydrogen) atoms. The third kappa shape index (κ3) is 4.10. The van der Waals surface area contributed by atoms with Crippen LogP contribution in [0.25, 0.3) is 17.0 Å². The van der Waals surface area contributed by atoms with E-state index in [1.54, 1.807) is 11.0 Å². The Hall–Kier alpha value is -3.84. The predicted molar refractivity (Wildman–Crippen MR) is 136 cm³/mol. The Morgan fingerprint density at radius 3 is 2.50 bits per heavy atom. The van der Waals surface area contributed by atoms with Gasteiger partial charge in [0.2, 0.25) is 5.82 Å². The first kappa shape index (κ1) is 22.0. The summed E-state index contributed by atoms with van der Waals surface area (Å²) in [5.74, 6) is 0.551. The van der Waals surface area contributed by atoms with E-state index >= 15 is 0 Å². The zero-order chi connectivity index (χ0) is 23.7. The maximum absolute atomic E-state index is 14.1. The van der Waals surface area contributed by atoms with E-state index < -0.39 is 0 Å². The lowest BCUT2D eigenvalue weighted by Gasteiger charge is -2.37. The van der Waals surface area contributed by atoms with Crippen LogP contribution in [0.3, 0.4) is 0 Å². The molecule has 0 saturated heterocycles. The molecule has 5 nitrogen and oxygen atoms in total. The molecular weight excluding hydrogens is 447 g/mol. The lowest BCUT2D eigenvalue weighted by molar-refractivity contribution is 0.404.